The first-order chi connectivity index (χ1) is 37.6. The van der Waals surface area contributed by atoms with Gasteiger partial charge in [-0.25, -0.2) is 9.59 Å². The maximum atomic E-state index is 15.0. The summed E-state index contributed by atoms with van der Waals surface area (Å²) < 4.78 is 49.8. The Morgan fingerprint density at radius 1 is 0.924 bits per heavy atom. The van der Waals surface area contributed by atoms with Crippen LogP contribution in [0.2, 0.25) is 10.0 Å². The number of hydrogen-bond donors (Lipinski definition) is 2. The van der Waals surface area contributed by atoms with Crippen LogP contribution in [-0.4, -0.2) is 181 Å². The third-order valence-corrected chi connectivity index (χ3v) is 18.3. The van der Waals surface area contributed by atoms with Gasteiger partial charge in [0.1, 0.15) is 18.0 Å². The second-order valence-electron chi connectivity index (χ2n) is 23.0. The first kappa shape index (κ1) is 62.4. The van der Waals surface area contributed by atoms with Crippen LogP contribution in [0.4, 0.5) is 15.3 Å². The number of ether oxygens (including phenoxy) is 8. The maximum Gasteiger partial charge on any atom is 0.410 e. The van der Waals surface area contributed by atoms with E-state index in [9.17, 15) is 29.4 Å². The maximum absolute atomic E-state index is 15.0. The van der Waals surface area contributed by atoms with Gasteiger partial charge in [0.25, 0.3) is 0 Å². The molecule has 19 nitrogen and oxygen atoms in total. The number of aliphatic hydroxyl groups excluding tert-OH is 2. The number of aliphatic hydroxyl groups is 2. The van der Waals surface area contributed by atoms with Gasteiger partial charge in [-0.2, -0.15) is 0 Å². The van der Waals surface area contributed by atoms with Gasteiger partial charge in [0, 0.05) is 94.3 Å². The number of esters is 1. The molecule has 0 bridgehead atoms. The van der Waals surface area contributed by atoms with E-state index in [1.807, 2.05) is 52.8 Å². The molecular formula is C58H87Cl2N5O14. The minimum Gasteiger partial charge on any atom is -0.493 e. The summed E-state index contributed by atoms with van der Waals surface area (Å²) in [5.74, 6) is -2.88. The summed E-state index contributed by atoms with van der Waals surface area (Å²) >= 11 is 13.4. The number of pyridine rings is 1. The molecule has 5 aliphatic rings. The number of morpholine rings is 1. The molecule has 14 atom stereocenters. The molecule has 7 rings (SSSR count). The number of aromatic nitrogens is 1. The van der Waals surface area contributed by atoms with Crippen LogP contribution in [0.25, 0.3) is 0 Å². The van der Waals surface area contributed by atoms with Crippen molar-refractivity contribution in [1.82, 2.24) is 19.7 Å². The third-order valence-electron chi connectivity index (χ3n) is 17.6. The van der Waals surface area contributed by atoms with Crippen molar-refractivity contribution in [2.75, 3.05) is 65.6 Å². The smallest absolute Gasteiger partial charge is 0.410 e. The molecule has 1 unspecified atom stereocenters. The van der Waals surface area contributed by atoms with Crippen molar-refractivity contribution in [3.05, 3.63) is 46.2 Å². The van der Waals surface area contributed by atoms with E-state index in [4.69, 9.17) is 61.1 Å². The van der Waals surface area contributed by atoms with E-state index in [1.165, 1.54) is 4.90 Å². The Morgan fingerprint density at radius 2 is 1.61 bits per heavy atom. The third kappa shape index (κ3) is 14.0. The van der Waals surface area contributed by atoms with E-state index in [2.05, 4.69) is 9.88 Å². The quantitative estimate of drug-likeness (QED) is 0.160. The number of carbonyl (C=O) groups is 4. The molecule has 1 saturated carbocycles. The molecular weight excluding hydrogens is 1060 g/mol. The van der Waals surface area contributed by atoms with Gasteiger partial charge < -0.3 is 67.7 Å². The zero-order chi connectivity index (χ0) is 57.5. The highest BCUT2D eigenvalue weighted by Gasteiger charge is 2.60. The molecule has 4 aliphatic heterocycles. The first-order valence-corrected chi connectivity index (χ1v) is 29.3. The molecule has 3 amide bonds. The van der Waals surface area contributed by atoms with Gasteiger partial charge >= 0.3 is 18.1 Å². The predicted octanol–water partition coefficient (Wildman–Crippen LogP) is 8.71. The zero-order valence-corrected chi connectivity index (χ0v) is 49.7. The van der Waals surface area contributed by atoms with Crippen LogP contribution in [0.3, 0.4) is 0 Å². The van der Waals surface area contributed by atoms with Crippen molar-refractivity contribution in [2.45, 2.75) is 192 Å². The molecule has 5 heterocycles. The van der Waals surface area contributed by atoms with Gasteiger partial charge in [0.15, 0.2) is 23.4 Å². The van der Waals surface area contributed by atoms with E-state index in [0.717, 1.165) is 31.4 Å². The van der Waals surface area contributed by atoms with E-state index >= 15 is 0 Å². The lowest BCUT2D eigenvalue weighted by Crippen LogP contribution is -2.61. The number of nitrogens with zero attached hydrogens (tertiary/aromatic N) is 5. The van der Waals surface area contributed by atoms with Crippen LogP contribution >= 0.6 is 23.2 Å². The standard InChI is InChI=1S/C58H87Cl2N5O14/c1-12-47-58(8)51(65(56(71)79-58)24-16-23-64(33-41-42(59)31-61-32-43(41)60)39-20-21-45(72-10)46(30-39)76-40-18-13-14-19-40)36(4)48(66)34(2)17-15-22-57(7,73-11)52(37(5)49(67)38(6)53(69)77-47)78-54-50(68)44(29-35(3)75-54)62(9)55(70)63-25-27-74-28-26-63/h20-21,30-32,34-38,40,44,47,49-52,54,67-68H,12-19,22-29,33H2,1-11H3/t34-,35-,36+,37+,38-,44+,47-,49+,50-,51?,52-,54+,57-,58-/m1/s1. The summed E-state index contributed by atoms with van der Waals surface area (Å²) in [6, 6.07) is 3.99. The minimum absolute atomic E-state index is 0.0730. The summed E-state index contributed by atoms with van der Waals surface area (Å²) in [5, 5.41) is 25.1. The highest BCUT2D eigenvalue weighted by atomic mass is 35.5. The van der Waals surface area contributed by atoms with Crippen molar-refractivity contribution in [3.8, 4) is 11.5 Å². The highest BCUT2D eigenvalue weighted by Crippen LogP contribution is 2.44. The summed E-state index contributed by atoms with van der Waals surface area (Å²) in [6.45, 7) is 16.8. The van der Waals surface area contributed by atoms with E-state index in [-0.39, 0.29) is 30.9 Å². The fourth-order valence-corrected chi connectivity index (χ4v) is 13.2. The topological polar surface area (TPSA) is 208 Å². The van der Waals surface area contributed by atoms with Gasteiger partial charge in [-0.15, -0.1) is 0 Å². The number of fused-ring (bicyclic) bond motifs is 1. The predicted molar refractivity (Wildman–Crippen MR) is 297 cm³/mol. The second-order valence-corrected chi connectivity index (χ2v) is 23.9. The van der Waals surface area contributed by atoms with Crippen molar-refractivity contribution >= 4 is 52.8 Å². The summed E-state index contributed by atoms with van der Waals surface area (Å²) in [5.41, 5.74) is -1.18. The number of amides is 3. The number of anilines is 1. The normalized spacial score (nSPS) is 33.5. The van der Waals surface area contributed by atoms with Crippen LogP contribution in [0, 0.1) is 23.7 Å². The van der Waals surface area contributed by atoms with Crippen molar-refractivity contribution in [3.63, 3.8) is 0 Å². The molecule has 2 N–H and O–H groups in total. The molecule has 1 aromatic carbocycles. The largest absolute Gasteiger partial charge is 0.493 e. The molecule has 1 aromatic heterocycles. The zero-order valence-electron chi connectivity index (χ0n) is 48.2. The highest BCUT2D eigenvalue weighted by molar-refractivity contribution is 6.35. The molecule has 2 aromatic rings. The van der Waals surface area contributed by atoms with Crippen LogP contribution in [0.5, 0.6) is 11.5 Å². The molecule has 442 valence electrons. The Balaban J connectivity index is 1.14. The number of methoxy groups -OCH3 is 2. The average Bonchev–Trinajstić information content (AvgIpc) is 4.28. The van der Waals surface area contributed by atoms with Gasteiger partial charge in [0.05, 0.1) is 78.4 Å². The number of halogens is 2. The van der Waals surface area contributed by atoms with Crippen LogP contribution in [-0.2, 0) is 44.6 Å². The number of Topliss-reactive ketones (excluding diaryl/α,β-unsaturated/α-hetero) is 1. The number of carbonyl (C=O) groups excluding carboxylic acids is 4. The van der Waals surface area contributed by atoms with Gasteiger partial charge in [0.2, 0.25) is 0 Å². The first-order valence-electron chi connectivity index (χ1n) is 28.5. The average molecular weight is 1150 g/mol. The SMILES string of the molecule is CC[C@H]1OC(=O)[C@H](C)[C@@H](O)[C@H](C)[C@@H](O[C@@H]2O[C@H](C)C[C@H](N(C)C(=O)N3CCOCC3)[C@H]2O)[C@](C)(OC)CCC[C@@H](C)C(=O)[C@H](C)C2N(CCCN(Cc3c(Cl)cncc3Cl)c3ccc(OC)c(OC4CCCC4)c3)C(=O)O[C@@]21C. The molecule has 0 radical (unpaired) electrons. The van der Waals surface area contributed by atoms with Gasteiger partial charge in [-0.05, 0) is 104 Å². The van der Waals surface area contributed by atoms with Crippen molar-refractivity contribution < 1.29 is 67.3 Å². The molecule has 5 fully saturated rings. The number of rotatable bonds is 15. The Hall–Kier alpha value is -4.21. The molecule has 79 heavy (non-hydrogen) atoms. The number of ketones is 1. The number of cyclic esters (lactones) is 1. The van der Waals surface area contributed by atoms with Crippen molar-refractivity contribution in [1.29, 1.82) is 0 Å². The minimum atomic E-state index is -1.50. The Bertz CT molecular complexity index is 2380. The molecule has 1 aliphatic carbocycles. The summed E-state index contributed by atoms with van der Waals surface area (Å²) in [6.07, 6.45) is 2.47. The summed E-state index contributed by atoms with van der Waals surface area (Å²) in [4.78, 5) is 68.8. The second kappa shape index (κ2) is 27.2. The number of urea groups is 1. The van der Waals surface area contributed by atoms with Gasteiger partial charge in [-0.1, -0.05) is 50.9 Å². The van der Waals surface area contributed by atoms with Crippen LogP contribution < -0.4 is 14.4 Å². The number of likely N-dealkylation sites (N-methyl/N-ethyl adjacent to an activating group) is 1. The molecule has 21 heteroatoms. The fourth-order valence-electron chi connectivity index (χ4n) is 12.7. The van der Waals surface area contributed by atoms with E-state index in [1.54, 1.807) is 64.2 Å². The Labute approximate surface area is 477 Å². The van der Waals surface area contributed by atoms with E-state index < -0.39 is 95.8 Å². The number of benzene rings is 1. The Kier molecular flexibility index (Phi) is 21.5. The lowest BCUT2D eigenvalue weighted by molar-refractivity contribution is -0.300. The molecule has 4 saturated heterocycles. The van der Waals surface area contributed by atoms with Gasteiger partial charge in [-0.3, -0.25) is 14.6 Å². The monoisotopic (exact) mass is 1150 g/mol. The number of hydrogen-bond acceptors (Lipinski definition) is 16. The summed E-state index contributed by atoms with van der Waals surface area (Å²) in [7, 11) is 4.81. The fraction of sp³-hybridized carbons (Fsp3) is 0.741. The lowest BCUT2D eigenvalue weighted by Gasteiger charge is -2.48. The van der Waals surface area contributed by atoms with Crippen LogP contribution in [0.15, 0.2) is 30.6 Å². The molecule has 0 spiro atoms. The Morgan fingerprint density at radius 3 is 2.25 bits per heavy atom. The van der Waals surface area contributed by atoms with Crippen molar-refractivity contribution in [2.24, 2.45) is 23.7 Å². The van der Waals surface area contributed by atoms with Crippen LogP contribution in [0.1, 0.15) is 125 Å². The lowest BCUT2D eigenvalue weighted by atomic mass is 9.75. The van der Waals surface area contributed by atoms with E-state index in [0.29, 0.717) is 98.6 Å².